The van der Waals surface area contributed by atoms with Crippen LogP contribution >= 0.6 is 0 Å². The van der Waals surface area contributed by atoms with Crippen LogP contribution in [-0.4, -0.2) is 27.1 Å². The van der Waals surface area contributed by atoms with Crippen LogP contribution in [0.3, 0.4) is 0 Å². The topological polar surface area (TPSA) is 66.5 Å². The number of rotatable bonds is 6. The minimum Gasteiger partial charge on any atom is -0.326 e. The van der Waals surface area contributed by atoms with Gasteiger partial charge in [0.2, 0.25) is 15.9 Å². The van der Waals surface area contributed by atoms with Crippen LogP contribution in [-0.2, 0) is 14.8 Å². The Morgan fingerprint density at radius 2 is 1.83 bits per heavy atom. The average molecular weight is 354 g/mol. The van der Waals surface area contributed by atoms with E-state index >= 15 is 0 Å². The number of carbonyl (C=O) groups is 1. The first-order chi connectivity index (χ1) is 11.3. The highest BCUT2D eigenvalue weighted by atomic mass is 32.2. The van der Waals surface area contributed by atoms with Crippen molar-refractivity contribution < 1.29 is 22.0 Å². The summed E-state index contributed by atoms with van der Waals surface area (Å²) in [4.78, 5) is 11.9. The van der Waals surface area contributed by atoms with Gasteiger partial charge in [0.1, 0.15) is 11.6 Å². The third-order valence-corrected chi connectivity index (χ3v) is 4.35. The maximum atomic E-state index is 13.8. The summed E-state index contributed by atoms with van der Waals surface area (Å²) in [5, 5.41) is 2.46. The molecule has 0 unspecified atom stereocenters. The second kappa shape index (κ2) is 7.39. The molecule has 2 aromatic carbocycles. The zero-order valence-electron chi connectivity index (χ0n) is 12.9. The molecule has 0 aromatic heterocycles. The molecule has 0 atom stereocenters. The fraction of sp³-hybridized carbons (Fsp3) is 0.188. The van der Waals surface area contributed by atoms with Crippen LogP contribution in [0.5, 0.6) is 0 Å². The van der Waals surface area contributed by atoms with Crippen LogP contribution in [0.15, 0.2) is 48.5 Å². The Morgan fingerprint density at radius 3 is 2.46 bits per heavy atom. The number of hydrogen-bond donors (Lipinski definition) is 1. The first-order valence-electron chi connectivity index (χ1n) is 7.05. The second-order valence-corrected chi connectivity index (χ2v) is 7.00. The van der Waals surface area contributed by atoms with E-state index in [1.807, 2.05) is 0 Å². The Hall–Kier alpha value is -2.48. The predicted octanol–water partition coefficient (Wildman–Crippen LogP) is 2.76. The summed E-state index contributed by atoms with van der Waals surface area (Å²) >= 11 is 0. The van der Waals surface area contributed by atoms with Gasteiger partial charge in [-0.1, -0.05) is 18.2 Å². The van der Waals surface area contributed by atoms with Crippen molar-refractivity contribution in [3.8, 4) is 0 Å². The molecule has 8 heteroatoms. The van der Waals surface area contributed by atoms with Crippen LogP contribution < -0.4 is 9.62 Å². The number of nitrogens with one attached hydrogen (secondary N) is 1. The molecule has 0 radical (unpaired) electrons. The molecule has 0 fully saturated rings. The van der Waals surface area contributed by atoms with Crippen LogP contribution in [0.1, 0.15) is 6.42 Å². The Labute approximate surface area is 139 Å². The zero-order valence-corrected chi connectivity index (χ0v) is 13.7. The van der Waals surface area contributed by atoms with Crippen molar-refractivity contribution in [1.29, 1.82) is 0 Å². The Bertz CT molecular complexity index is 841. The Balaban J connectivity index is 2.09. The summed E-state index contributed by atoms with van der Waals surface area (Å²) in [5.41, 5.74) is 0.135. The third kappa shape index (κ3) is 4.76. The van der Waals surface area contributed by atoms with Gasteiger partial charge in [-0.3, -0.25) is 9.10 Å². The van der Waals surface area contributed by atoms with Gasteiger partial charge < -0.3 is 5.32 Å². The summed E-state index contributed by atoms with van der Waals surface area (Å²) in [6.45, 7) is -0.235. The molecule has 0 spiro atoms. The zero-order chi connectivity index (χ0) is 17.7. The molecular weight excluding hydrogens is 338 g/mol. The fourth-order valence-corrected chi connectivity index (χ4v) is 3.04. The number of carbonyl (C=O) groups excluding carboxylic acids is 1. The van der Waals surface area contributed by atoms with Crippen LogP contribution in [0.4, 0.5) is 20.2 Å². The molecule has 5 nitrogen and oxygen atoms in total. The molecule has 2 rings (SSSR count). The van der Waals surface area contributed by atoms with Gasteiger partial charge in [-0.15, -0.1) is 0 Å². The van der Waals surface area contributed by atoms with Gasteiger partial charge >= 0.3 is 0 Å². The van der Waals surface area contributed by atoms with E-state index in [4.69, 9.17) is 0 Å². The highest BCUT2D eigenvalue weighted by molar-refractivity contribution is 7.92. The molecule has 0 aliphatic carbocycles. The number of anilines is 2. The van der Waals surface area contributed by atoms with E-state index in [1.54, 1.807) is 0 Å². The van der Waals surface area contributed by atoms with Crippen molar-refractivity contribution in [2.45, 2.75) is 6.42 Å². The number of halogens is 2. The second-order valence-electron chi connectivity index (χ2n) is 5.10. The summed E-state index contributed by atoms with van der Waals surface area (Å²) in [5.74, 6) is -1.71. The quantitative estimate of drug-likeness (QED) is 0.867. The van der Waals surface area contributed by atoms with Gasteiger partial charge in [0.15, 0.2) is 0 Å². The molecule has 1 N–H and O–H groups in total. The van der Waals surface area contributed by atoms with E-state index in [9.17, 15) is 22.0 Å². The molecule has 1 amide bonds. The number of hydrogen-bond acceptors (Lipinski definition) is 3. The number of benzene rings is 2. The lowest BCUT2D eigenvalue weighted by Crippen LogP contribution is -2.33. The Morgan fingerprint density at radius 1 is 1.12 bits per heavy atom. The summed E-state index contributed by atoms with van der Waals surface area (Å²) in [6.07, 6.45) is 0.724. The first-order valence-corrected chi connectivity index (χ1v) is 8.90. The normalized spacial score (nSPS) is 11.1. The molecule has 2 aromatic rings. The fourth-order valence-electron chi connectivity index (χ4n) is 2.11. The molecule has 0 aliphatic rings. The van der Waals surface area contributed by atoms with Crippen molar-refractivity contribution in [3.63, 3.8) is 0 Å². The number of para-hydroxylation sites is 1. The van der Waals surface area contributed by atoms with Gasteiger partial charge in [0.05, 0.1) is 11.9 Å². The van der Waals surface area contributed by atoms with E-state index in [0.29, 0.717) is 0 Å². The number of amides is 1. The number of nitrogens with zero attached hydrogens (tertiary/aromatic N) is 1. The van der Waals surface area contributed by atoms with E-state index in [-0.39, 0.29) is 24.3 Å². The molecule has 0 aliphatic heterocycles. The maximum Gasteiger partial charge on any atom is 0.232 e. The monoisotopic (exact) mass is 354 g/mol. The highest BCUT2D eigenvalue weighted by Crippen LogP contribution is 2.21. The van der Waals surface area contributed by atoms with Gasteiger partial charge in [0.25, 0.3) is 0 Å². The highest BCUT2D eigenvalue weighted by Gasteiger charge is 2.21. The molecule has 24 heavy (non-hydrogen) atoms. The molecule has 0 bridgehead atoms. The van der Waals surface area contributed by atoms with Gasteiger partial charge in [-0.2, -0.15) is 0 Å². The van der Waals surface area contributed by atoms with Crippen LogP contribution in [0.2, 0.25) is 0 Å². The van der Waals surface area contributed by atoms with Gasteiger partial charge in [-0.05, 0) is 30.3 Å². The van der Waals surface area contributed by atoms with E-state index in [0.717, 1.165) is 22.7 Å². The number of sulfonamides is 1. The predicted molar refractivity (Wildman–Crippen MR) is 88.2 cm³/mol. The average Bonchev–Trinajstić information content (AvgIpc) is 2.48. The van der Waals surface area contributed by atoms with Crippen molar-refractivity contribution >= 4 is 27.3 Å². The van der Waals surface area contributed by atoms with Gasteiger partial charge in [-0.25, -0.2) is 17.2 Å². The van der Waals surface area contributed by atoms with Crippen molar-refractivity contribution in [1.82, 2.24) is 0 Å². The summed E-state index contributed by atoms with van der Waals surface area (Å²) < 4.78 is 51.5. The van der Waals surface area contributed by atoms with Crippen molar-refractivity contribution in [2.75, 3.05) is 22.4 Å². The molecule has 0 heterocycles. The van der Waals surface area contributed by atoms with Crippen LogP contribution in [0.25, 0.3) is 0 Å². The largest absolute Gasteiger partial charge is 0.326 e. The molecule has 0 saturated carbocycles. The van der Waals surface area contributed by atoms with Crippen LogP contribution in [0, 0.1) is 11.6 Å². The van der Waals surface area contributed by atoms with Crippen molar-refractivity contribution in [2.24, 2.45) is 0 Å². The standard InChI is InChI=1S/C16H16F2N2O3S/c1-24(22,23)20(15-8-3-2-7-14(15)18)10-9-16(21)19-13-6-4-5-12(17)11-13/h2-8,11H,9-10H2,1H3,(H,19,21). The van der Waals surface area contributed by atoms with E-state index in [1.165, 1.54) is 36.4 Å². The SMILES string of the molecule is CS(=O)(=O)N(CCC(=O)Nc1cccc(F)c1)c1ccccc1F. The molecule has 0 saturated heterocycles. The summed E-state index contributed by atoms with van der Waals surface area (Å²) in [7, 11) is -3.76. The lowest BCUT2D eigenvalue weighted by Gasteiger charge is -2.22. The lowest BCUT2D eigenvalue weighted by molar-refractivity contribution is -0.116. The van der Waals surface area contributed by atoms with E-state index in [2.05, 4.69) is 5.32 Å². The van der Waals surface area contributed by atoms with Crippen molar-refractivity contribution in [3.05, 3.63) is 60.2 Å². The first kappa shape index (κ1) is 17.9. The summed E-state index contributed by atoms with van der Waals surface area (Å²) in [6, 6.07) is 10.7. The third-order valence-electron chi connectivity index (χ3n) is 3.17. The molecular formula is C16H16F2N2O3S. The maximum absolute atomic E-state index is 13.8. The van der Waals surface area contributed by atoms with Gasteiger partial charge in [0, 0.05) is 18.7 Å². The molecule has 128 valence electrons. The minimum atomic E-state index is -3.76. The lowest BCUT2D eigenvalue weighted by atomic mass is 10.2. The smallest absolute Gasteiger partial charge is 0.232 e. The Kier molecular flexibility index (Phi) is 5.50. The van der Waals surface area contributed by atoms with E-state index < -0.39 is 27.6 Å². The minimum absolute atomic E-state index is 0.126.